The Kier molecular flexibility index (Phi) is 7.23. The summed E-state index contributed by atoms with van der Waals surface area (Å²) in [5, 5.41) is 15.9. The monoisotopic (exact) mass is 482 g/mol. The molecule has 182 valence electrons. The second kappa shape index (κ2) is 10.1. The summed E-state index contributed by atoms with van der Waals surface area (Å²) in [7, 11) is 5.53. The molecule has 2 aromatic heterocycles. The van der Waals surface area contributed by atoms with E-state index in [1.165, 1.54) is 46.5 Å². The Morgan fingerprint density at radius 2 is 1.77 bits per heavy atom. The minimum Gasteiger partial charge on any atom is -0.504 e. The number of rotatable bonds is 5. The zero-order valence-corrected chi connectivity index (χ0v) is 19.4. The number of nitrogens with one attached hydrogen (secondary N) is 2. The maximum atomic E-state index is 13.6. The number of hydrogen-bond acceptors (Lipinski definition) is 7. The summed E-state index contributed by atoms with van der Waals surface area (Å²) in [6.45, 7) is -0.188. The third-order valence-electron chi connectivity index (χ3n) is 5.12. The Morgan fingerprint density at radius 3 is 2.43 bits per heavy atom. The van der Waals surface area contributed by atoms with E-state index >= 15 is 0 Å². The van der Waals surface area contributed by atoms with Gasteiger partial charge in [0.2, 0.25) is 0 Å². The van der Waals surface area contributed by atoms with Crippen molar-refractivity contribution < 1.29 is 28.7 Å². The molecule has 0 fully saturated rings. The Morgan fingerprint density at radius 1 is 1.06 bits per heavy atom. The zero-order chi connectivity index (χ0) is 25.9. The Hall–Kier alpha value is -4.61. The lowest BCUT2D eigenvalue weighted by Gasteiger charge is -2.20. The first-order valence-electron chi connectivity index (χ1n) is 10.3. The molecule has 4 amide bonds. The molecule has 0 saturated carbocycles. The van der Waals surface area contributed by atoms with Gasteiger partial charge in [0.25, 0.3) is 11.8 Å². The smallest absolute Gasteiger partial charge is 0.317 e. The molecular formula is C23H23FN6O5. The fourth-order valence-electron chi connectivity index (χ4n) is 3.26. The van der Waals surface area contributed by atoms with Crippen LogP contribution in [0.1, 0.15) is 26.4 Å². The lowest BCUT2D eigenvalue weighted by molar-refractivity contribution is -0.142. The van der Waals surface area contributed by atoms with Gasteiger partial charge in [-0.15, -0.1) is 0 Å². The van der Waals surface area contributed by atoms with Crippen molar-refractivity contribution in [3.05, 3.63) is 59.2 Å². The van der Waals surface area contributed by atoms with E-state index in [1.54, 1.807) is 6.07 Å². The van der Waals surface area contributed by atoms with Gasteiger partial charge in [0, 0.05) is 51.9 Å². The highest BCUT2D eigenvalue weighted by Crippen LogP contribution is 2.32. The molecule has 0 spiro atoms. The van der Waals surface area contributed by atoms with E-state index in [1.807, 2.05) is 0 Å². The molecule has 0 atom stereocenters. The third kappa shape index (κ3) is 5.00. The molecule has 0 saturated heterocycles. The summed E-state index contributed by atoms with van der Waals surface area (Å²) in [6.07, 6.45) is 1.38. The molecule has 0 aliphatic heterocycles. The van der Waals surface area contributed by atoms with Crippen molar-refractivity contribution in [1.82, 2.24) is 25.5 Å². The summed E-state index contributed by atoms with van der Waals surface area (Å²) in [4.78, 5) is 60.1. The number of aromatic nitrogens is 2. The van der Waals surface area contributed by atoms with E-state index in [2.05, 4.69) is 20.6 Å². The van der Waals surface area contributed by atoms with Crippen LogP contribution in [-0.4, -0.2) is 71.8 Å². The number of nitrogens with zero attached hydrogens (tertiary/aromatic N) is 4. The van der Waals surface area contributed by atoms with Crippen LogP contribution in [0.15, 0.2) is 36.5 Å². The van der Waals surface area contributed by atoms with Gasteiger partial charge in [-0.05, 0) is 29.8 Å². The Bertz CT molecular complexity index is 1340. The topological polar surface area (TPSA) is 145 Å². The quantitative estimate of drug-likeness (QED) is 0.457. The molecule has 0 unspecified atom stereocenters. The minimum absolute atomic E-state index is 0.00701. The first-order valence-corrected chi connectivity index (χ1v) is 10.3. The zero-order valence-electron chi connectivity index (χ0n) is 19.4. The van der Waals surface area contributed by atoms with Crippen molar-refractivity contribution in [2.75, 3.05) is 33.1 Å². The van der Waals surface area contributed by atoms with E-state index in [-0.39, 0.29) is 28.8 Å². The first-order chi connectivity index (χ1) is 16.6. The molecule has 0 bridgehead atoms. The predicted octanol–water partition coefficient (Wildman–Crippen LogP) is 0.815. The molecule has 35 heavy (non-hydrogen) atoms. The highest BCUT2D eigenvalue weighted by molar-refractivity contribution is 6.40. The average molecular weight is 482 g/mol. The number of halogens is 1. The number of likely N-dealkylation sites (N-methyl/N-ethyl adjacent to an activating group) is 2. The average Bonchev–Trinajstić information content (AvgIpc) is 2.86. The van der Waals surface area contributed by atoms with E-state index < -0.39 is 40.9 Å². The fourth-order valence-corrected chi connectivity index (χ4v) is 3.26. The van der Waals surface area contributed by atoms with Gasteiger partial charge in [-0.25, -0.2) is 9.37 Å². The maximum absolute atomic E-state index is 13.6. The number of hydrogen-bond donors (Lipinski definition) is 3. The number of carbonyl (C=O) groups is 4. The molecule has 12 heteroatoms. The van der Waals surface area contributed by atoms with E-state index in [9.17, 15) is 28.7 Å². The summed E-state index contributed by atoms with van der Waals surface area (Å²) in [5.74, 6) is -4.34. The third-order valence-corrected chi connectivity index (χ3v) is 5.12. The maximum Gasteiger partial charge on any atom is 0.317 e. The predicted molar refractivity (Wildman–Crippen MR) is 124 cm³/mol. The summed E-state index contributed by atoms with van der Waals surface area (Å²) < 4.78 is 13.6. The fraction of sp³-hybridized carbons (Fsp3) is 0.217. The van der Waals surface area contributed by atoms with Crippen LogP contribution in [-0.2, 0) is 16.1 Å². The molecule has 0 aliphatic carbocycles. The van der Waals surface area contributed by atoms with Crippen molar-refractivity contribution in [2.24, 2.45) is 0 Å². The van der Waals surface area contributed by atoms with Gasteiger partial charge < -0.3 is 20.6 Å². The summed E-state index contributed by atoms with van der Waals surface area (Å²) in [6, 6.07) is 6.61. The summed E-state index contributed by atoms with van der Waals surface area (Å²) in [5.41, 5.74) is -0.112. The highest BCUT2D eigenvalue weighted by Gasteiger charge is 2.27. The number of amides is 4. The van der Waals surface area contributed by atoms with Gasteiger partial charge in [-0.1, -0.05) is 6.07 Å². The molecule has 3 rings (SSSR count). The molecule has 3 N–H and O–H groups in total. The van der Waals surface area contributed by atoms with Crippen LogP contribution >= 0.6 is 0 Å². The van der Waals surface area contributed by atoms with Crippen molar-refractivity contribution in [3.8, 4) is 5.75 Å². The van der Waals surface area contributed by atoms with Gasteiger partial charge in [-0.2, -0.15) is 0 Å². The van der Waals surface area contributed by atoms with Crippen LogP contribution in [0.3, 0.4) is 0 Å². The lowest BCUT2D eigenvalue weighted by Crippen LogP contribution is -2.41. The minimum atomic E-state index is -0.911. The molecular weight excluding hydrogens is 459 g/mol. The van der Waals surface area contributed by atoms with Gasteiger partial charge in [0.1, 0.15) is 17.2 Å². The number of pyridine rings is 2. The summed E-state index contributed by atoms with van der Waals surface area (Å²) >= 11 is 0. The van der Waals surface area contributed by atoms with E-state index in [0.29, 0.717) is 5.56 Å². The van der Waals surface area contributed by atoms with Crippen LogP contribution in [0.5, 0.6) is 5.75 Å². The van der Waals surface area contributed by atoms with Gasteiger partial charge in [0.05, 0.1) is 0 Å². The number of carbonyl (C=O) groups excluding carboxylic acids is 4. The van der Waals surface area contributed by atoms with Crippen molar-refractivity contribution in [2.45, 2.75) is 6.54 Å². The number of aromatic hydroxyl groups is 1. The van der Waals surface area contributed by atoms with Gasteiger partial charge in [-0.3, -0.25) is 29.1 Å². The van der Waals surface area contributed by atoms with E-state index in [4.69, 9.17) is 0 Å². The lowest BCUT2D eigenvalue weighted by atomic mass is 10.1. The number of anilines is 1. The Balaban J connectivity index is 2.00. The van der Waals surface area contributed by atoms with Gasteiger partial charge in [0.15, 0.2) is 11.4 Å². The molecule has 1 aromatic carbocycles. The normalized spacial score (nSPS) is 10.5. The van der Waals surface area contributed by atoms with Crippen molar-refractivity contribution in [1.29, 1.82) is 0 Å². The van der Waals surface area contributed by atoms with Crippen LogP contribution in [0.2, 0.25) is 0 Å². The number of fused-ring (bicyclic) bond motifs is 1. The van der Waals surface area contributed by atoms with Crippen LogP contribution in [0, 0.1) is 5.82 Å². The largest absolute Gasteiger partial charge is 0.504 e. The molecule has 11 nitrogen and oxygen atoms in total. The van der Waals surface area contributed by atoms with Crippen molar-refractivity contribution >= 4 is 40.3 Å². The van der Waals surface area contributed by atoms with Crippen LogP contribution in [0.25, 0.3) is 10.9 Å². The SMILES string of the molecule is CNC(=O)c1cc(F)ccc1CNC(=O)c1nc(N(C)C(=O)C(=O)N(C)C)c2cccnc2c1O. The van der Waals surface area contributed by atoms with Gasteiger partial charge >= 0.3 is 11.8 Å². The second-order valence-corrected chi connectivity index (χ2v) is 7.66. The molecule has 0 radical (unpaired) electrons. The molecule has 3 aromatic rings. The highest BCUT2D eigenvalue weighted by atomic mass is 19.1. The van der Waals surface area contributed by atoms with Crippen LogP contribution < -0.4 is 15.5 Å². The molecule has 2 heterocycles. The van der Waals surface area contributed by atoms with Crippen LogP contribution in [0.4, 0.5) is 10.2 Å². The standard InChI is InChI=1S/C23H23FN6O5/c1-25-20(32)15-10-13(24)8-7-12(15)11-27-21(33)17-18(31)16-14(6-5-9-26-16)19(28-17)30(4)23(35)22(34)29(2)3/h5-10,31H,11H2,1-4H3,(H,25,32)(H,27,33). The Labute approximate surface area is 199 Å². The van der Waals surface area contributed by atoms with Crippen molar-refractivity contribution in [3.63, 3.8) is 0 Å². The van der Waals surface area contributed by atoms with E-state index in [0.717, 1.165) is 21.9 Å². The first kappa shape index (κ1) is 25.0. The molecule has 0 aliphatic rings. The number of benzene rings is 1. The second-order valence-electron chi connectivity index (χ2n) is 7.66.